The summed E-state index contributed by atoms with van der Waals surface area (Å²) in [5.41, 5.74) is 1.25. The number of aliphatic hydroxyl groups excluding tert-OH is 2. The SMILES string of the molecule is C[C@H](O)c1cc(C(=O)O)nc2c1C=CC[C@@H]2O. The summed E-state index contributed by atoms with van der Waals surface area (Å²) in [4.78, 5) is 14.8. The lowest BCUT2D eigenvalue weighted by atomic mass is 9.93. The van der Waals surface area contributed by atoms with E-state index < -0.39 is 18.2 Å². The lowest BCUT2D eigenvalue weighted by molar-refractivity contribution is 0.0688. The van der Waals surface area contributed by atoms with Crippen molar-refractivity contribution in [1.29, 1.82) is 0 Å². The number of aromatic carboxylic acids is 1. The number of rotatable bonds is 2. The monoisotopic (exact) mass is 235 g/mol. The molecule has 0 unspecified atom stereocenters. The van der Waals surface area contributed by atoms with Gasteiger partial charge in [-0.05, 0) is 25.0 Å². The molecule has 0 saturated carbocycles. The number of carboxylic acids is 1. The molecule has 1 aromatic heterocycles. The molecule has 5 heteroatoms. The number of pyridine rings is 1. The highest BCUT2D eigenvalue weighted by Crippen LogP contribution is 2.31. The van der Waals surface area contributed by atoms with Gasteiger partial charge in [-0.3, -0.25) is 0 Å². The Hall–Kier alpha value is -1.72. The van der Waals surface area contributed by atoms with Crippen LogP contribution in [0.25, 0.3) is 6.08 Å². The van der Waals surface area contributed by atoms with Crippen LogP contribution < -0.4 is 0 Å². The van der Waals surface area contributed by atoms with Crippen molar-refractivity contribution in [3.8, 4) is 0 Å². The van der Waals surface area contributed by atoms with E-state index in [4.69, 9.17) is 5.11 Å². The fraction of sp³-hybridized carbons (Fsp3) is 0.333. The lowest BCUT2D eigenvalue weighted by Crippen LogP contribution is -2.14. The second kappa shape index (κ2) is 4.27. The molecule has 0 bridgehead atoms. The van der Waals surface area contributed by atoms with E-state index in [0.717, 1.165) is 0 Å². The molecule has 2 rings (SSSR count). The molecule has 0 amide bonds. The summed E-state index contributed by atoms with van der Waals surface area (Å²) in [5, 5.41) is 28.4. The molecule has 17 heavy (non-hydrogen) atoms. The van der Waals surface area contributed by atoms with Gasteiger partial charge in [-0.25, -0.2) is 9.78 Å². The first kappa shape index (κ1) is 11.8. The zero-order valence-electron chi connectivity index (χ0n) is 9.29. The summed E-state index contributed by atoms with van der Waals surface area (Å²) in [7, 11) is 0. The molecular weight excluding hydrogens is 222 g/mol. The van der Waals surface area contributed by atoms with Gasteiger partial charge in [0.05, 0.1) is 11.8 Å². The summed E-state index contributed by atoms with van der Waals surface area (Å²) in [5.74, 6) is -1.17. The van der Waals surface area contributed by atoms with Crippen LogP contribution in [0.4, 0.5) is 0 Å². The zero-order valence-corrected chi connectivity index (χ0v) is 9.29. The van der Waals surface area contributed by atoms with Crippen molar-refractivity contribution in [3.63, 3.8) is 0 Å². The van der Waals surface area contributed by atoms with Crippen molar-refractivity contribution < 1.29 is 20.1 Å². The van der Waals surface area contributed by atoms with E-state index in [2.05, 4.69) is 4.98 Å². The maximum Gasteiger partial charge on any atom is 0.354 e. The van der Waals surface area contributed by atoms with Crippen LogP contribution >= 0.6 is 0 Å². The molecule has 0 radical (unpaired) electrons. The molecule has 1 aliphatic carbocycles. The Morgan fingerprint density at radius 3 is 2.88 bits per heavy atom. The van der Waals surface area contributed by atoms with Crippen LogP contribution in [-0.4, -0.2) is 26.3 Å². The smallest absolute Gasteiger partial charge is 0.354 e. The fourth-order valence-electron chi connectivity index (χ4n) is 1.91. The van der Waals surface area contributed by atoms with Gasteiger partial charge < -0.3 is 15.3 Å². The molecule has 1 aromatic rings. The van der Waals surface area contributed by atoms with E-state index in [1.807, 2.05) is 0 Å². The first-order chi connectivity index (χ1) is 8.00. The molecule has 0 aliphatic heterocycles. The molecule has 3 N–H and O–H groups in total. The molecule has 90 valence electrons. The number of aliphatic hydroxyl groups is 2. The fourth-order valence-corrected chi connectivity index (χ4v) is 1.91. The van der Waals surface area contributed by atoms with Gasteiger partial charge >= 0.3 is 5.97 Å². The first-order valence-corrected chi connectivity index (χ1v) is 5.31. The Kier molecular flexibility index (Phi) is 2.95. The van der Waals surface area contributed by atoms with E-state index in [1.54, 1.807) is 19.1 Å². The molecule has 1 heterocycles. The minimum atomic E-state index is -1.17. The molecule has 1 aliphatic rings. The average Bonchev–Trinajstić information content (AvgIpc) is 2.28. The topological polar surface area (TPSA) is 90.7 Å². The number of hydrogen-bond acceptors (Lipinski definition) is 4. The third kappa shape index (κ3) is 2.07. The highest BCUT2D eigenvalue weighted by molar-refractivity contribution is 5.86. The Bertz CT molecular complexity index is 494. The second-order valence-electron chi connectivity index (χ2n) is 4.03. The number of carboxylic acid groups (broad SMARTS) is 1. The normalized spacial score (nSPS) is 19.8. The van der Waals surface area contributed by atoms with Crippen molar-refractivity contribution in [2.75, 3.05) is 0 Å². The predicted octanol–water partition coefficient (Wildman–Crippen LogP) is 1.28. The molecule has 0 fully saturated rings. The zero-order chi connectivity index (χ0) is 12.6. The van der Waals surface area contributed by atoms with Crippen LogP contribution in [0.15, 0.2) is 12.1 Å². The van der Waals surface area contributed by atoms with Gasteiger partial charge in [-0.15, -0.1) is 0 Å². The third-order valence-electron chi connectivity index (χ3n) is 2.75. The van der Waals surface area contributed by atoms with E-state index in [9.17, 15) is 15.0 Å². The minimum absolute atomic E-state index is 0.158. The van der Waals surface area contributed by atoms with Crippen molar-refractivity contribution in [1.82, 2.24) is 4.98 Å². The highest BCUT2D eigenvalue weighted by atomic mass is 16.4. The standard InChI is InChI=1S/C12H13NO4/c1-6(14)8-5-9(12(16)17)13-11-7(8)3-2-4-10(11)15/h2-3,5-6,10,14-15H,4H2,1H3,(H,16,17)/t6-,10-/m0/s1. The second-order valence-corrected chi connectivity index (χ2v) is 4.03. The van der Waals surface area contributed by atoms with Crippen molar-refractivity contribution in [2.45, 2.75) is 25.6 Å². The quantitative estimate of drug-likeness (QED) is 0.718. The maximum atomic E-state index is 10.9. The number of aromatic nitrogens is 1. The van der Waals surface area contributed by atoms with Gasteiger partial charge in [-0.1, -0.05) is 12.2 Å². The third-order valence-corrected chi connectivity index (χ3v) is 2.75. The summed E-state index contributed by atoms with van der Waals surface area (Å²) in [6, 6.07) is 1.34. The van der Waals surface area contributed by atoms with E-state index >= 15 is 0 Å². The number of nitrogens with zero attached hydrogens (tertiary/aromatic N) is 1. The molecular formula is C12H13NO4. The molecule has 0 saturated heterocycles. The average molecular weight is 235 g/mol. The Morgan fingerprint density at radius 1 is 1.59 bits per heavy atom. The van der Waals surface area contributed by atoms with Crippen LogP contribution in [0.1, 0.15) is 52.9 Å². The van der Waals surface area contributed by atoms with Crippen LogP contribution in [0.5, 0.6) is 0 Å². The molecule has 5 nitrogen and oxygen atoms in total. The van der Waals surface area contributed by atoms with Crippen LogP contribution in [0, 0.1) is 0 Å². The lowest BCUT2D eigenvalue weighted by Gasteiger charge is -2.20. The number of carbonyl (C=O) groups is 1. The predicted molar refractivity (Wildman–Crippen MR) is 60.4 cm³/mol. The summed E-state index contributed by atoms with van der Waals surface area (Å²) in [6.07, 6.45) is 2.32. The Morgan fingerprint density at radius 2 is 2.29 bits per heavy atom. The molecule has 0 aromatic carbocycles. The van der Waals surface area contributed by atoms with Crippen LogP contribution in [-0.2, 0) is 0 Å². The van der Waals surface area contributed by atoms with E-state index in [-0.39, 0.29) is 5.69 Å². The van der Waals surface area contributed by atoms with E-state index in [0.29, 0.717) is 23.2 Å². The van der Waals surface area contributed by atoms with Crippen LogP contribution in [0.2, 0.25) is 0 Å². The summed E-state index contributed by atoms with van der Waals surface area (Å²) in [6.45, 7) is 1.55. The Labute approximate surface area is 98.1 Å². The van der Waals surface area contributed by atoms with Gasteiger partial charge in [0.2, 0.25) is 0 Å². The van der Waals surface area contributed by atoms with Gasteiger partial charge in [0.25, 0.3) is 0 Å². The highest BCUT2D eigenvalue weighted by Gasteiger charge is 2.23. The van der Waals surface area contributed by atoms with Gasteiger partial charge in [0.1, 0.15) is 11.8 Å². The maximum absolute atomic E-state index is 10.9. The summed E-state index contributed by atoms with van der Waals surface area (Å²) < 4.78 is 0. The number of fused-ring (bicyclic) bond motifs is 1. The number of hydrogen-bond donors (Lipinski definition) is 3. The Balaban J connectivity index is 2.67. The van der Waals surface area contributed by atoms with Crippen molar-refractivity contribution in [3.05, 3.63) is 34.7 Å². The van der Waals surface area contributed by atoms with Crippen molar-refractivity contribution >= 4 is 12.0 Å². The first-order valence-electron chi connectivity index (χ1n) is 5.31. The molecule has 0 spiro atoms. The van der Waals surface area contributed by atoms with Gasteiger partial charge in [0.15, 0.2) is 0 Å². The van der Waals surface area contributed by atoms with Gasteiger partial charge in [-0.2, -0.15) is 0 Å². The molecule has 2 atom stereocenters. The summed E-state index contributed by atoms with van der Waals surface area (Å²) >= 11 is 0. The minimum Gasteiger partial charge on any atom is -0.477 e. The van der Waals surface area contributed by atoms with E-state index in [1.165, 1.54) is 6.07 Å². The van der Waals surface area contributed by atoms with Crippen molar-refractivity contribution in [2.24, 2.45) is 0 Å². The largest absolute Gasteiger partial charge is 0.477 e. The van der Waals surface area contributed by atoms with Gasteiger partial charge in [0, 0.05) is 5.56 Å². The van der Waals surface area contributed by atoms with Crippen LogP contribution in [0.3, 0.4) is 0 Å².